The van der Waals surface area contributed by atoms with Crippen molar-refractivity contribution in [3.05, 3.63) is 59.4 Å². The molecule has 0 saturated heterocycles. The topological polar surface area (TPSA) is 66.0 Å². The number of hydrogen-bond donors (Lipinski definition) is 1. The smallest absolute Gasteiger partial charge is 0.246 e. The molecule has 3 aromatic rings. The number of benzene rings is 1. The first-order valence-corrected chi connectivity index (χ1v) is 8.32. The molecule has 7 nitrogen and oxygen atoms in total. The van der Waals surface area contributed by atoms with E-state index in [1.807, 2.05) is 55.2 Å². The number of amides is 1. The summed E-state index contributed by atoms with van der Waals surface area (Å²) in [6.45, 7) is 4.42. The van der Waals surface area contributed by atoms with Gasteiger partial charge in [-0.15, -0.1) is 0 Å². The van der Waals surface area contributed by atoms with Crippen LogP contribution in [0.5, 0.6) is 5.75 Å². The number of nitrogens with zero attached hydrogens (tertiary/aromatic N) is 4. The summed E-state index contributed by atoms with van der Waals surface area (Å²) < 4.78 is 10.9. The molecule has 0 fully saturated rings. The molecule has 1 amide bonds. The highest BCUT2D eigenvalue weighted by molar-refractivity contribution is 7.71. The lowest BCUT2D eigenvalue weighted by atomic mass is 10.3. The SMILES string of the molecule is CCOc1ccc(NC(=O)Cn2nc(C)n(-n3cccc3)c2=S)cc1. The van der Waals surface area contributed by atoms with E-state index in [0.29, 0.717) is 22.9 Å². The highest BCUT2D eigenvalue weighted by atomic mass is 32.1. The van der Waals surface area contributed by atoms with E-state index in [1.54, 1.807) is 16.8 Å². The Kier molecular flexibility index (Phi) is 4.99. The van der Waals surface area contributed by atoms with Gasteiger partial charge in [-0.3, -0.25) is 9.47 Å². The Morgan fingerprint density at radius 3 is 2.56 bits per heavy atom. The van der Waals surface area contributed by atoms with Gasteiger partial charge >= 0.3 is 0 Å². The molecule has 1 N–H and O–H groups in total. The van der Waals surface area contributed by atoms with Crippen molar-refractivity contribution < 1.29 is 9.53 Å². The molecular formula is C17H19N5O2S. The predicted molar refractivity (Wildman–Crippen MR) is 97.3 cm³/mol. The fourth-order valence-corrected chi connectivity index (χ4v) is 2.80. The fourth-order valence-electron chi connectivity index (χ4n) is 2.47. The highest BCUT2D eigenvalue weighted by Crippen LogP contribution is 2.15. The lowest BCUT2D eigenvalue weighted by molar-refractivity contribution is -0.116. The van der Waals surface area contributed by atoms with E-state index in [-0.39, 0.29) is 12.5 Å². The molecule has 0 saturated carbocycles. The van der Waals surface area contributed by atoms with Crippen LogP contribution < -0.4 is 10.1 Å². The molecule has 130 valence electrons. The molecule has 0 radical (unpaired) electrons. The summed E-state index contributed by atoms with van der Waals surface area (Å²) in [4.78, 5) is 12.3. The second kappa shape index (κ2) is 7.35. The molecule has 0 spiro atoms. The first-order chi connectivity index (χ1) is 12.1. The maximum Gasteiger partial charge on any atom is 0.246 e. The molecular weight excluding hydrogens is 338 g/mol. The van der Waals surface area contributed by atoms with Crippen molar-refractivity contribution in [3.8, 4) is 5.75 Å². The van der Waals surface area contributed by atoms with E-state index in [4.69, 9.17) is 17.0 Å². The molecule has 0 aliphatic heterocycles. The quantitative estimate of drug-likeness (QED) is 0.689. The average Bonchev–Trinajstić information content (AvgIpc) is 3.18. The largest absolute Gasteiger partial charge is 0.494 e. The second-order valence-corrected chi connectivity index (χ2v) is 5.73. The highest BCUT2D eigenvalue weighted by Gasteiger charge is 2.11. The number of aromatic nitrogens is 4. The number of carbonyl (C=O) groups excluding carboxylic acids is 1. The van der Waals surface area contributed by atoms with Gasteiger partial charge < -0.3 is 10.1 Å². The zero-order valence-corrected chi connectivity index (χ0v) is 14.9. The Morgan fingerprint density at radius 1 is 1.24 bits per heavy atom. The maximum absolute atomic E-state index is 12.3. The van der Waals surface area contributed by atoms with Crippen LogP contribution in [0.25, 0.3) is 0 Å². The number of rotatable bonds is 6. The summed E-state index contributed by atoms with van der Waals surface area (Å²) in [6, 6.07) is 11.0. The van der Waals surface area contributed by atoms with Crippen molar-refractivity contribution in [2.75, 3.05) is 11.9 Å². The number of carbonyl (C=O) groups is 1. The zero-order valence-electron chi connectivity index (χ0n) is 14.0. The second-order valence-electron chi connectivity index (χ2n) is 5.37. The van der Waals surface area contributed by atoms with Crippen LogP contribution in [0.1, 0.15) is 12.7 Å². The van der Waals surface area contributed by atoms with Crippen LogP contribution >= 0.6 is 12.2 Å². The Balaban J connectivity index is 1.71. The molecule has 0 unspecified atom stereocenters. The van der Waals surface area contributed by atoms with Crippen LogP contribution in [0, 0.1) is 11.7 Å². The zero-order chi connectivity index (χ0) is 17.8. The van der Waals surface area contributed by atoms with Gasteiger partial charge in [0, 0.05) is 18.1 Å². The molecule has 0 aliphatic rings. The van der Waals surface area contributed by atoms with Crippen molar-refractivity contribution in [3.63, 3.8) is 0 Å². The van der Waals surface area contributed by atoms with Crippen LogP contribution in [0.15, 0.2) is 48.8 Å². The van der Waals surface area contributed by atoms with Gasteiger partial charge in [-0.25, -0.2) is 9.36 Å². The van der Waals surface area contributed by atoms with Gasteiger partial charge in [0.15, 0.2) is 0 Å². The molecule has 0 bridgehead atoms. The van der Waals surface area contributed by atoms with Gasteiger partial charge in [0.1, 0.15) is 18.1 Å². The minimum atomic E-state index is -0.197. The van der Waals surface area contributed by atoms with Crippen LogP contribution in [0.2, 0.25) is 0 Å². The minimum absolute atomic E-state index is 0.0428. The van der Waals surface area contributed by atoms with Gasteiger partial charge in [0.2, 0.25) is 10.7 Å². The molecule has 2 aromatic heterocycles. The van der Waals surface area contributed by atoms with Gasteiger partial charge in [0.05, 0.1) is 6.61 Å². The molecule has 0 aliphatic carbocycles. The van der Waals surface area contributed by atoms with Gasteiger partial charge in [-0.2, -0.15) is 5.10 Å². The first-order valence-electron chi connectivity index (χ1n) is 7.91. The third-order valence-corrected chi connectivity index (χ3v) is 3.92. The predicted octanol–water partition coefficient (Wildman–Crippen LogP) is 2.87. The minimum Gasteiger partial charge on any atom is -0.494 e. The van der Waals surface area contributed by atoms with Crippen LogP contribution in [-0.4, -0.2) is 31.6 Å². The van der Waals surface area contributed by atoms with Gasteiger partial charge in [0.25, 0.3) is 0 Å². The number of aryl methyl sites for hydroxylation is 1. The lowest BCUT2D eigenvalue weighted by Crippen LogP contribution is -2.20. The average molecular weight is 357 g/mol. The fraction of sp³-hybridized carbons (Fsp3) is 0.235. The van der Waals surface area contributed by atoms with E-state index in [9.17, 15) is 4.79 Å². The molecule has 25 heavy (non-hydrogen) atoms. The van der Waals surface area contributed by atoms with Gasteiger partial charge in [-0.1, -0.05) is 0 Å². The Hall–Kier alpha value is -2.87. The Bertz CT molecular complexity index is 910. The van der Waals surface area contributed by atoms with Crippen molar-refractivity contribution >= 4 is 23.8 Å². The summed E-state index contributed by atoms with van der Waals surface area (Å²) in [5.74, 6) is 1.27. The van der Waals surface area contributed by atoms with E-state index in [1.165, 1.54) is 4.68 Å². The van der Waals surface area contributed by atoms with Crippen LogP contribution in [0.4, 0.5) is 5.69 Å². The Morgan fingerprint density at radius 2 is 1.92 bits per heavy atom. The molecule has 0 atom stereocenters. The number of hydrogen-bond acceptors (Lipinski definition) is 4. The van der Waals surface area contributed by atoms with Crippen molar-refractivity contribution in [1.29, 1.82) is 0 Å². The summed E-state index contributed by atoms with van der Waals surface area (Å²) >= 11 is 5.44. The maximum atomic E-state index is 12.3. The standard InChI is InChI=1S/C17H19N5O2S/c1-3-24-15-8-6-14(7-9-15)18-16(23)12-21-17(25)22(13(2)19-21)20-10-4-5-11-20/h4-11H,3,12H2,1-2H3,(H,18,23). The summed E-state index contributed by atoms with van der Waals surface area (Å²) in [5, 5.41) is 7.19. The van der Waals surface area contributed by atoms with Crippen molar-refractivity contribution in [1.82, 2.24) is 19.1 Å². The van der Waals surface area contributed by atoms with E-state index >= 15 is 0 Å². The Labute approximate surface area is 150 Å². The van der Waals surface area contributed by atoms with E-state index < -0.39 is 0 Å². The number of anilines is 1. The molecule has 8 heteroatoms. The summed E-state index contributed by atoms with van der Waals surface area (Å²) in [7, 11) is 0. The molecule has 3 rings (SSSR count). The van der Waals surface area contributed by atoms with E-state index in [0.717, 1.165) is 5.75 Å². The third kappa shape index (κ3) is 3.80. The van der Waals surface area contributed by atoms with Gasteiger partial charge in [-0.05, 0) is 62.5 Å². The van der Waals surface area contributed by atoms with Crippen molar-refractivity contribution in [2.45, 2.75) is 20.4 Å². The summed E-state index contributed by atoms with van der Waals surface area (Å²) in [6.07, 6.45) is 3.74. The third-order valence-electron chi connectivity index (χ3n) is 3.54. The van der Waals surface area contributed by atoms with Crippen LogP contribution in [0.3, 0.4) is 0 Å². The summed E-state index contributed by atoms with van der Waals surface area (Å²) in [5.41, 5.74) is 0.696. The first kappa shape index (κ1) is 17.0. The number of ether oxygens (including phenoxy) is 1. The molecule has 2 heterocycles. The lowest BCUT2D eigenvalue weighted by Gasteiger charge is -2.07. The van der Waals surface area contributed by atoms with Crippen molar-refractivity contribution in [2.24, 2.45) is 0 Å². The molecule has 1 aromatic carbocycles. The normalized spacial score (nSPS) is 10.6. The van der Waals surface area contributed by atoms with Crippen LogP contribution in [-0.2, 0) is 11.3 Å². The monoisotopic (exact) mass is 357 g/mol. The van der Waals surface area contributed by atoms with E-state index in [2.05, 4.69) is 10.4 Å². The number of nitrogens with one attached hydrogen (secondary N) is 1.